The van der Waals surface area contributed by atoms with Gasteiger partial charge < -0.3 is 15.2 Å². The number of methoxy groups -OCH3 is 1. The van der Waals surface area contributed by atoms with E-state index in [9.17, 15) is 23.2 Å². The molecular formula is C24H19ClFN5O4S2. The smallest absolute Gasteiger partial charge is 0.281 e. The number of pyridine rings is 1. The van der Waals surface area contributed by atoms with Crippen molar-refractivity contribution in [2.75, 3.05) is 17.1 Å². The number of aromatic nitrogens is 2. The molecule has 0 radical (unpaired) electrons. The molecule has 2 aromatic heterocycles. The molecule has 0 aliphatic heterocycles. The van der Waals surface area contributed by atoms with Crippen molar-refractivity contribution >= 4 is 43.8 Å². The SMILES string of the molecule is COc1cccc(CNc2cnc(S(=O)(=O)Nc3nc(-c4ccc(F)c(Cl)c4)c(C#N)s3)c(C)c2)c1O. The molecule has 0 saturated carbocycles. The van der Waals surface area contributed by atoms with Gasteiger partial charge in [0, 0.05) is 17.7 Å². The molecule has 190 valence electrons. The van der Waals surface area contributed by atoms with Crippen molar-refractivity contribution < 1.29 is 22.7 Å². The van der Waals surface area contributed by atoms with Crippen LogP contribution in [0.25, 0.3) is 11.3 Å². The van der Waals surface area contributed by atoms with Crippen LogP contribution in [0.15, 0.2) is 53.7 Å². The maximum absolute atomic E-state index is 13.5. The van der Waals surface area contributed by atoms with Gasteiger partial charge in [0.15, 0.2) is 21.7 Å². The first-order valence-electron chi connectivity index (χ1n) is 10.6. The van der Waals surface area contributed by atoms with E-state index in [2.05, 4.69) is 20.0 Å². The number of aryl methyl sites for hydroxylation is 1. The van der Waals surface area contributed by atoms with Gasteiger partial charge in [-0.25, -0.2) is 14.4 Å². The number of rotatable bonds is 8. The normalized spacial score (nSPS) is 11.1. The van der Waals surface area contributed by atoms with Crippen molar-refractivity contribution in [3.63, 3.8) is 0 Å². The van der Waals surface area contributed by atoms with E-state index >= 15 is 0 Å². The largest absolute Gasteiger partial charge is 0.504 e. The van der Waals surface area contributed by atoms with Crippen LogP contribution in [-0.4, -0.2) is 30.6 Å². The summed E-state index contributed by atoms with van der Waals surface area (Å²) in [4.78, 5) is 8.44. The average Bonchev–Trinajstić information content (AvgIpc) is 3.27. The Kier molecular flexibility index (Phi) is 7.49. The molecule has 0 fully saturated rings. The fraction of sp³-hybridized carbons (Fsp3) is 0.125. The Labute approximate surface area is 221 Å². The van der Waals surface area contributed by atoms with Crippen LogP contribution in [0, 0.1) is 24.1 Å². The summed E-state index contributed by atoms with van der Waals surface area (Å²) in [5.41, 5.74) is 2.03. The molecule has 0 aliphatic carbocycles. The molecule has 0 amide bonds. The number of benzene rings is 2. The van der Waals surface area contributed by atoms with Gasteiger partial charge in [0.05, 0.1) is 24.0 Å². The highest BCUT2D eigenvalue weighted by molar-refractivity contribution is 7.92. The quantitative estimate of drug-likeness (QED) is 0.264. The van der Waals surface area contributed by atoms with Crippen molar-refractivity contribution in [2.45, 2.75) is 18.5 Å². The molecule has 0 spiro atoms. The Morgan fingerprint density at radius 2 is 2.05 bits per heavy atom. The van der Waals surface area contributed by atoms with Crippen LogP contribution in [0.2, 0.25) is 5.02 Å². The van der Waals surface area contributed by atoms with Crippen LogP contribution in [0.5, 0.6) is 11.5 Å². The van der Waals surface area contributed by atoms with Crippen LogP contribution in [0.1, 0.15) is 16.0 Å². The van der Waals surface area contributed by atoms with Crippen molar-refractivity contribution in [3.05, 3.63) is 75.5 Å². The van der Waals surface area contributed by atoms with Crippen LogP contribution in [0.4, 0.5) is 15.2 Å². The lowest BCUT2D eigenvalue weighted by atomic mass is 10.1. The molecule has 4 aromatic rings. The number of anilines is 2. The number of halogens is 2. The predicted molar refractivity (Wildman–Crippen MR) is 139 cm³/mol. The fourth-order valence-electron chi connectivity index (χ4n) is 3.45. The van der Waals surface area contributed by atoms with Crippen LogP contribution < -0.4 is 14.8 Å². The number of hydrogen-bond acceptors (Lipinski definition) is 9. The average molecular weight is 560 g/mol. The second-order valence-corrected chi connectivity index (χ2v) is 10.7. The van der Waals surface area contributed by atoms with Gasteiger partial charge in [0.1, 0.15) is 22.5 Å². The third-order valence-corrected chi connectivity index (χ3v) is 7.91. The van der Waals surface area contributed by atoms with Gasteiger partial charge in [0.25, 0.3) is 10.0 Å². The highest BCUT2D eigenvalue weighted by Crippen LogP contribution is 2.34. The third kappa shape index (κ3) is 5.59. The third-order valence-electron chi connectivity index (χ3n) is 5.21. The first-order chi connectivity index (χ1) is 17.6. The van der Waals surface area contributed by atoms with E-state index < -0.39 is 15.8 Å². The summed E-state index contributed by atoms with van der Waals surface area (Å²) in [6.45, 7) is 1.84. The summed E-state index contributed by atoms with van der Waals surface area (Å²) in [5.74, 6) is -0.276. The number of aromatic hydroxyl groups is 1. The van der Waals surface area contributed by atoms with Crippen LogP contribution in [0.3, 0.4) is 0 Å². The van der Waals surface area contributed by atoms with Gasteiger partial charge in [0.2, 0.25) is 0 Å². The molecule has 0 aliphatic rings. The van der Waals surface area contributed by atoms with E-state index in [-0.39, 0.29) is 38.0 Å². The summed E-state index contributed by atoms with van der Waals surface area (Å²) >= 11 is 6.67. The standard InChI is InChI=1S/C24H19ClFN5O4S2/c1-13-8-16(28-11-15-4-3-5-19(35-2)22(15)32)12-29-23(13)37(33,34)31-24-30-21(20(10-27)36-24)14-6-7-18(26)17(25)9-14/h3-9,12,28,32H,11H2,1-2H3,(H,30,31). The minimum absolute atomic E-state index is 0.00745. The molecule has 37 heavy (non-hydrogen) atoms. The maximum atomic E-state index is 13.5. The zero-order valence-corrected chi connectivity index (χ0v) is 21.8. The number of nitrogens with zero attached hydrogens (tertiary/aromatic N) is 3. The van der Waals surface area contributed by atoms with E-state index in [1.807, 2.05) is 6.07 Å². The molecule has 13 heteroatoms. The lowest BCUT2D eigenvalue weighted by Crippen LogP contribution is -2.16. The Balaban J connectivity index is 1.54. The topological polar surface area (TPSA) is 137 Å². The summed E-state index contributed by atoms with van der Waals surface area (Å²) < 4.78 is 47.1. The van der Waals surface area contributed by atoms with Crippen molar-refractivity contribution in [1.82, 2.24) is 9.97 Å². The zero-order valence-electron chi connectivity index (χ0n) is 19.4. The van der Waals surface area contributed by atoms with Crippen molar-refractivity contribution in [2.24, 2.45) is 0 Å². The van der Waals surface area contributed by atoms with Gasteiger partial charge in [-0.1, -0.05) is 35.1 Å². The molecule has 0 atom stereocenters. The molecule has 9 nitrogen and oxygen atoms in total. The molecule has 2 heterocycles. The maximum Gasteiger partial charge on any atom is 0.281 e. The molecule has 4 rings (SSSR count). The summed E-state index contributed by atoms with van der Waals surface area (Å²) in [5, 5.41) is 22.4. The van der Waals surface area contributed by atoms with E-state index in [4.69, 9.17) is 16.3 Å². The number of hydrogen-bond donors (Lipinski definition) is 3. The lowest BCUT2D eigenvalue weighted by Gasteiger charge is -2.12. The van der Waals surface area contributed by atoms with Gasteiger partial charge in [-0.3, -0.25) is 4.72 Å². The molecule has 3 N–H and O–H groups in total. The highest BCUT2D eigenvalue weighted by atomic mass is 35.5. The lowest BCUT2D eigenvalue weighted by molar-refractivity contribution is 0.371. The minimum Gasteiger partial charge on any atom is -0.504 e. The molecule has 0 unspecified atom stereocenters. The van der Waals surface area contributed by atoms with Crippen molar-refractivity contribution in [3.8, 4) is 28.8 Å². The first kappa shape index (κ1) is 26.2. The number of ether oxygens (including phenoxy) is 1. The van der Waals surface area contributed by atoms with Gasteiger partial charge in [-0.2, -0.15) is 13.7 Å². The number of nitriles is 1. The van der Waals surface area contributed by atoms with Gasteiger partial charge in [-0.15, -0.1) is 0 Å². The number of thiazole rings is 1. The van der Waals surface area contributed by atoms with Crippen molar-refractivity contribution in [1.29, 1.82) is 5.26 Å². The molecule has 0 bridgehead atoms. The Morgan fingerprint density at radius 3 is 2.73 bits per heavy atom. The van der Waals surface area contributed by atoms with E-state index in [0.717, 1.165) is 17.4 Å². The Bertz CT molecular complexity index is 1640. The summed E-state index contributed by atoms with van der Waals surface area (Å²) in [6.07, 6.45) is 1.35. The Hall–Kier alpha value is -3.92. The van der Waals surface area contributed by atoms with Crippen LogP contribution >= 0.6 is 22.9 Å². The Morgan fingerprint density at radius 1 is 1.27 bits per heavy atom. The predicted octanol–water partition coefficient (Wildman–Crippen LogP) is 5.30. The highest BCUT2D eigenvalue weighted by Gasteiger charge is 2.23. The number of phenolic OH excluding ortho intramolecular Hbond substituents is 1. The summed E-state index contributed by atoms with van der Waals surface area (Å²) in [7, 11) is -2.69. The van der Waals surface area contributed by atoms with E-state index in [1.165, 1.54) is 25.4 Å². The number of para-hydroxylation sites is 1. The van der Waals surface area contributed by atoms with Gasteiger partial charge in [-0.05, 0) is 42.8 Å². The number of nitrogens with one attached hydrogen (secondary N) is 2. The fourth-order valence-corrected chi connectivity index (χ4v) is 5.81. The second kappa shape index (κ2) is 10.6. The molecule has 0 saturated heterocycles. The number of phenols is 1. The first-order valence-corrected chi connectivity index (χ1v) is 13.2. The summed E-state index contributed by atoms with van der Waals surface area (Å²) in [6, 6.07) is 12.5. The number of sulfonamides is 1. The molecular weight excluding hydrogens is 541 g/mol. The van der Waals surface area contributed by atoms with E-state index in [0.29, 0.717) is 28.1 Å². The van der Waals surface area contributed by atoms with E-state index in [1.54, 1.807) is 31.2 Å². The van der Waals surface area contributed by atoms with Crippen LogP contribution in [-0.2, 0) is 16.6 Å². The minimum atomic E-state index is -4.15. The second-order valence-electron chi connectivity index (χ2n) is 7.71. The van der Waals surface area contributed by atoms with Gasteiger partial charge >= 0.3 is 0 Å². The monoisotopic (exact) mass is 559 g/mol. The molecule has 2 aromatic carbocycles. The zero-order chi connectivity index (χ0) is 26.7.